The van der Waals surface area contributed by atoms with Crippen molar-refractivity contribution in [3.63, 3.8) is 0 Å². The number of nitrogen functional groups attached to an aromatic ring is 1. The van der Waals surface area contributed by atoms with E-state index in [9.17, 15) is 5.26 Å². The average molecular weight is 438 g/mol. The zero-order valence-corrected chi connectivity index (χ0v) is 18.3. The van der Waals surface area contributed by atoms with E-state index in [-0.39, 0.29) is 16.9 Å². The smallest absolute Gasteiger partial charge is 0.103 e. The molecule has 0 bridgehead atoms. The van der Waals surface area contributed by atoms with Gasteiger partial charge in [-0.3, -0.25) is 4.68 Å². The first kappa shape index (κ1) is 19.6. The molecule has 164 valence electrons. The third-order valence-corrected chi connectivity index (χ3v) is 7.43. The van der Waals surface area contributed by atoms with Crippen LogP contribution in [0.2, 0.25) is 0 Å². The number of aromatic nitrogens is 6. The van der Waals surface area contributed by atoms with Gasteiger partial charge in [-0.2, -0.15) is 20.7 Å². The van der Waals surface area contributed by atoms with Crippen molar-refractivity contribution in [3.8, 4) is 34.7 Å². The van der Waals surface area contributed by atoms with Gasteiger partial charge in [0.05, 0.1) is 59.6 Å². The summed E-state index contributed by atoms with van der Waals surface area (Å²) in [5, 5.41) is 27.8. The molecule has 9 heteroatoms. The van der Waals surface area contributed by atoms with E-state index in [4.69, 9.17) is 16.0 Å². The molecule has 0 amide bonds. The van der Waals surface area contributed by atoms with Crippen LogP contribution in [0.3, 0.4) is 0 Å². The quantitative estimate of drug-likeness (QED) is 0.521. The number of hydrogen-bond donors (Lipinski definition) is 1. The van der Waals surface area contributed by atoms with E-state index in [2.05, 4.69) is 22.3 Å². The van der Waals surface area contributed by atoms with Crippen LogP contribution in [-0.4, -0.2) is 28.9 Å². The third-order valence-electron chi connectivity index (χ3n) is 7.43. The molecular formula is C24H23N9. The molecule has 2 saturated carbocycles. The highest BCUT2D eigenvalue weighted by Crippen LogP contribution is 2.66. The maximum Gasteiger partial charge on any atom is 0.103 e. The highest BCUT2D eigenvalue weighted by Gasteiger charge is 2.61. The Labute approximate surface area is 190 Å². The van der Waals surface area contributed by atoms with Crippen molar-refractivity contribution < 1.29 is 0 Å². The van der Waals surface area contributed by atoms with Gasteiger partial charge in [0.2, 0.25) is 0 Å². The normalized spacial score (nSPS) is 26.0. The molecular weight excluding hydrogens is 414 g/mol. The van der Waals surface area contributed by atoms with E-state index < -0.39 is 0 Å². The van der Waals surface area contributed by atoms with E-state index in [1.807, 2.05) is 57.7 Å². The Kier molecular flexibility index (Phi) is 3.97. The van der Waals surface area contributed by atoms with Gasteiger partial charge in [-0.25, -0.2) is 9.50 Å². The maximum atomic E-state index is 9.53. The first-order valence-corrected chi connectivity index (χ1v) is 11.0. The summed E-state index contributed by atoms with van der Waals surface area (Å²) in [6.07, 6.45) is 13.5. The minimum absolute atomic E-state index is 0.160. The first-order chi connectivity index (χ1) is 15.9. The fourth-order valence-electron chi connectivity index (χ4n) is 5.93. The second kappa shape index (κ2) is 6.69. The minimum atomic E-state index is -0.310. The molecule has 0 unspecified atom stereocenters. The van der Waals surface area contributed by atoms with Gasteiger partial charge in [0.1, 0.15) is 5.82 Å². The molecule has 2 N–H and O–H groups in total. The van der Waals surface area contributed by atoms with Crippen LogP contribution in [0.25, 0.3) is 28.0 Å². The number of anilines is 1. The van der Waals surface area contributed by atoms with Crippen LogP contribution in [0.4, 0.5) is 5.82 Å². The SMILES string of the molecule is Cn1cc(-c2cn3nccc3c(-c3cnn(C4(CC#N)CC5(CC(C#N)C5)C4)c3)n2)cc1N. The summed E-state index contributed by atoms with van der Waals surface area (Å²) in [6, 6.07) is 8.57. The van der Waals surface area contributed by atoms with Gasteiger partial charge >= 0.3 is 0 Å². The highest BCUT2D eigenvalue weighted by molar-refractivity contribution is 5.78. The lowest BCUT2D eigenvalue weighted by molar-refractivity contribution is -0.108. The number of aryl methyl sites for hydroxylation is 1. The monoisotopic (exact) mass is 437 g/mol. The Morgan fingerprint density at radius 2 is 1.97 bits per heavy atom. The summed E-state index contributed by atoms with van der Waals surface area (Å²) in [5.74, 6) is 0.820. The molecule has 2 fully saturated rings. The molecule has 0 aromatic carbocycles. The molecule has 0 aliphatic heterocycles. The van der Waals surface area contributed by atoms with E-state index >= 15 is 0 Å². The topological polar surface area (TPSA) is 127 Å². The third kappa shape index (κ3) is 2.86. The van der Waals surface area contributed by atoms with E-state index in [0.29, 0.717) is 12.2 Å². The predicted octanol–water partition coefficient (Wildman–Crippen LogP) is 3.50. The molecule has 33 heavy (non-hydrogen) atoms. The van der Waals surface area contributed by atoms with E-state index in [1.54, 1.807) is 6.20 Å². The zero-order chi connectivity index (χ0) is 22.8. The molecule has 1 spiro atoms. The van der Waals surface area contributed by atoms with Crippen LogP contribution in [0.5, 0.6) is 0 Å². The predicted molar refractivity (Wildman–Crippen MR) is 121 cm³/mol. The molecule has 0 atom stereocenters. The van der Waals surface area contributed by atoms with Crippen LogP contribution < -0.4 is 5.73 Å². The number of nitrogens with two attached hydrogens (primary N) is 1. The Morgan fingerprint density at radius 3 is 2.67 bits per heavy atom. The molecule has 6 rings (SSSR count). The van der Waals surface area contributed by atoms with Gasteiger partial charge in [-0.1, -0.05) is 0 Å². The number of nitriles is 2. The van der Waals surface area contributed by atoms with Gasteiger partial charge in [0.25, 0.3) is 0 Å². The van der Waals surface area contributed by atoms with Crippen molar-refractivity contribution in [1.29, 1.82) is 10.5 Å². The van der Waals surface area contributed by atoms with Crippen LogP contribution in [0, 0.1) is 34.0 Å². The molecule has 4 aromatic heterocycles. The summed E-state index contributed by atoms with van der Waals surface area (Å²) in [7, 11) is 1.90. The Morgan fingerprint density at radius 1 is 1.15 bits per heavy atom. The summed E-state index contributed by atoms with van der Waals surface area (Å²) < 4.78 is 5.63. The lowest BCUT2D eigenvalue weighted by atomic mass is 9.45. The zero-order valence-electron chi connectivity index (χ0n) is 18.3. The van der Waals surface area contributed by atoms with E-state index in [0.717, 1.165) is 53.7 Å². The molecule has 2 aliphatic rings. The van der Waals surface area contributed by atoms with Crippen LogP contribution >= 0.6 is 0 Å². The van der Waals surface area contributed by atoms with Crippen LogP contribution in [0.15, 0.2) is 43.1 Å². The average Bonchev–Trinajstić information content (AvgIpc) is 3.48. The molecule has 4 heterocycles. The summed E-state index contributed by atoms with van der Waals surface area (Å²) >= 11 is 0. The second-order valence-electron chi connectivity index (χ2n) is 9.72. The second-order valence-corrected chi connectivity index (χ2v) is 9.72. The summed E-state index contributed by atoms with van der Waals surface area (Å²) in [6.45, 7) is 0. The summed E-state index contributed by atoms with van der Waals surface area (Å²) in [5.41, 5.74) is 10.2. The van der Waals surface area contributed by atoms with Gasteiger partial charge in [-0.05, 0) is 43.2 Å². The lowest BCUT2D eigenvalue weighted by Crippen LogP contribution is -2.58. The van der Waals surface area contributed by atoms with Crippen LogP contribution in [0.1, 0.15) is 32.1 Å². The fourth-order valence-corrected chi connectivity index (χ4v) is 5.93. The lowest BCUT2D eigenvalue weighted by Gasteiger charge is -2.61. The van der Waals surface area contributed by atoms with Crippen molar-refractivity contribution in [2.75, 3.05) is 5.73 Å². The van der Waals surface area contributed by atoms with Crippen molar-refractivity contribution in [2.24, 2.45) is 18.4 Å². The molecule has 2 aliphatic carbocycles. The first-order valence-electron chi connectivity index (χ1n) is 11.0. The number of fused-ring (bicyclic) bond motifs is 1. The van der Waals surface area contributed by atoms with Gasteiger partial charge < -0.3 is 10.3 Å². The molecule has 0 radical (unpaired) electrons. The van der Waals surface area contributed by atoms with Crippen molar-refractivity contribution in [2.45, 2.75) is 37.6 Å². The Bertz CT molecular complexity index is 1440. The standard InChI is InChI=1S/C24H23N9/c1-31-11-17(6-21(31)27)19-13-32-20(2-5-28-32)22(30-19)18-10-29-33(12-18)24(3-4-25)14-23(15-24)7-16(8-23)9-26/h2,5-6,10-13,16H,3,7-8,14-15,27H2,1H3. The van der Waals surface area contributed by atoms with Crippen molar-refractivity contribution in [3.05, 3.63) is 43.1 Å². The Hall–Kier alpha value is -4.11. The minimum Gasteiger partial charge on any atom is -0.385 e. The van der Waals surface area contributed by atoms with Crippen molar-refractivity contribution in [1.82, 2.24) is 28.9 Å². The molecule has 4 aromatic rings. The van der Waals surface area contributed by atoms with Crippen LogP contribution in [-0.2, 0) is 12.6 Å². The van der Waals surface area contributed by atoms with E-state index in [1.165, 1.54) is 0 Å². The fraction of sp³-hybridized carbons (Fsp3) is 0.375. The number of nitrogens with zero attached hydrogens (tertiary/aromatic N) is 8. The largest absolute Gasteiger partial charge is 0.385 e. The van der Waals surface area contributed by atoms with Crippen molar-refractivity contribution >= 4 is 11.3 Å². The molecule has 0 saturated heterocycles. The maximum absolute atomic E-state index is 9.53. The molecule has 9 nitrogen and oxygen atoms in total. The highest BCUT2D eigenvalue weighted by atomic mass is 15.3. The van der Waals surface area contributed by atoms with Gasteiger partial charge in [0.15, 0.2) is 0 Å². The summed E-state index contributed by atoms with van der Waals surface area (Å²) in [4.78, 5) is 4.95. The van der Waals surface area contributed by atoms with Gasteiger partial charge in [0, 0.05) is 36.5 Å². The number of rotatable bonds is 4. The van der Waals surface area contributed by atoms with Gasteiger partial charge in [-0.15, -0.1) is 0 Å². The number of hydrogen-bond acceptors (Lipinski definition) is 6. The Balaban J connectivity index is 1.38.